The standard InChI is InChI=1S/C46H86O4/c1-3-5-6-7-8-9-10-11-12-13-14-15-16-17-22-25-28-31-34-37-40-43-46(49)50-44(4-2)41-38-35-32-29-26-23-20-18-19-21-24-27-30-33-36-39-42-45(47)48/h8-9,11-12,44H,3-7,10,13-43H2,1-2H3,(H,47,48)/b9-8-,12-11-. The fourth-order valence-electron chi connectivity index (χ4n) is 6.86. The molecule has 0 rings (SSSR count). The molecule has 0 heterocycles. The first-order chi connectivity index (χ1) is 24.6. The fraction of sp³-hybridized carbons (Fsp3) is 0.870. The average Bonchev–Trinajstić information content (AvgIpc) is 3.11. The zero-order valence-electron chi connectivity index (χ0n) is 33.7. The maximum atomic E-state index is 12.4. The van der Waals surface area contributed by atoms with Crippen LogP contribution >= 0.6 is 0 Å². The van der Waals surface area contributed by atoms with Gasteiger partial charge in [-0.3, -0.25) is 9.59 Å². The number of ether oxygens (including phenoxy) is 1. The van der Waals surface area contributed by atoms with Crippen molar-refractivity contribution >= 4 is 11.9 Å². The van der Waals surface area contributed by atoms with Gasteiger partial charge in [0, 0.05) is 12.8 Å². The minimum atomic E-state index is -0.663. The van der Waals surface area contributed by atoms with Gasteiger partial charge in [-0.15, -0.1) is 0 Å². The van der Waals surface area contributed by atoms with Crippen LogP contribution in [0.3, 0.4) is 0 Å². The predicted molar refractivity (Wildman–Crippen MR) is 218 cm³/mol. The Morgan fingerprint density at radius 3 is 1.22 bits per heavy atom. The number of esters is 1. The molecule has 0 aromatic rings. The summed E-state index contributed by atoms with van der Waals surface area (Å²) < 4.78 is 5.82. The summed E-state index contributed by atoms with van der Waals surface area (Å²) in [6, 6.07) is 0. The van der Waals surface area contributed by atoms with E-state index in [4.69, 9.17) is 9.84 Å². The molecule has 0 saturated carbocycles. The summed E-state index contributed by atoms with van der Waals surface area (Å²) in [6.07, 6.45) is 54.5. The molecule has 0 aromatic carbocycles. The van der Waals surface area contributed by atoms with E-state index in [0.717, 1.165) is 44.9 Å². The summed E-state index contributed by atoms with van der Waals surface area (Å²) in [5, 5.41) is 8.66. The SMILES string of the molecule is CCCCC/C=C\C/C=C\CCCCCCCCCCCCCC(=O)OC(CC)CCCCCCCCCCCCCCCCCCC(=O)O. The molecule has 1 unspecified atom stereocenters. The number of carbonyl (C=O) groups excluding carboxylic acids is 1. The Bertz CT molecular complexity index is 757. The number of hydrogen-bond acceptors (Lipinski definition) is 3. The van der Waals surface area contributed by atoms with Crippen molar-refractivity contribution in [3.05, 3.63) is 24.3 Å². The van der Waals surface area contributed by atoms with Crippen LogP contribution in [0.1, 0.15) is 251 Å². The van der Waals surface area contributed by atoms with Gasteiger partial charge in [0.25, 0.3) is 0 Å². The molecule has 0 amide bonds. The van der Waals surface area contributed by atoms with Gasteiger partial charge in [0.2, 0.25) is 0 Å². The van der Waals surface area contributed by atoms with E-state index >= 15 is 0 Å². The molecular formula is C46H86O4. The minimum Gasteiger partial charge on any atom is -0.481 e. The van der Waals surface area contributed by atoms with Crippen LogP contribution in [-0.2, 0) is 14.3 Å². The van der Waals surface area contributed by atoms with Gasteiger partial charge in [-0.1, -0.05) is 199 Å². The summed E-state index contributed by atoms with van der Waals surface area (Å²) in [5.74, 6) is -0.640. The van der Waals surface area contributed by atoms with Gasteiger partial charge < -0.3 is 9.84 Å². The number of hydrogen-bond donors (Lipinski definition) is 1. The Morgan fingerprint density at radius 1 is 0.460 bits per heavy atom. The van der Waals surface area contributed by atoms with E-state index in [1.807, 2.05) is 0 Å². The number of carboxylic acids is 1. The molecule has 0 bridgehead atoms. The van der Waals surface area contributed by atoms with E-state index in [1.54, 1.807) is 0 Å². The molecule has 0 aliphatic heterocycles. The molecule has 1 N–H and O–H groups in total. The van der Waals surface area contributed by atoms with E-state index in [0.29, 0.717) is 12.8 Å². The Hall–Kier alpha value is -1.58. The maximum Gasteiger partial charge on any atom is 0.306 e. The number of allylic oxidation sites excluding steroid dienone is 4. The highest BCUT2D eigenvalue weighted by Crippen LogP contribution is 2.17. The zero-order valence-corrected chi connectivity index (χ0v) is 33.7. The number of rotatable bonds is 41. The first-order valence-electron chi connectivity index (χ1n) is 22.3. The molecule has 294 valence electrons. The molecule has 50 heavy (non-hydrogen) atoms. The highest BCUT2D eigenvalue weighted by atomic mass is 16.5. The zero-order chi connectivity index (χ0) is 36.4. The number of aliphatic carboxylic acids is 1. The van der Waals surface area contributed by atoms with Gasteiger partial charge in [-0.05, 0) is 64.2 Å². The molecule has 0 fully saturated rings. The molecule has 0 spiro atoms. The molecular weight excluding hydrogens is 617 g/mol. The summed E-state index contributed by atoms with van der Waals surface area (Å²) in [6.45, 7) is 4.41. The normalized spacial score (nSPS) is 12.4. The molecule has 0 aliphatic carbocycles. The van der Waals surface area contributed by atoms with Crippen LogP contribution in [-0.4, -0.2) is 23.1 Å². The molecule has 4 heteroatoms. The second kappa shape index (κ2) is 41.8. The van der Waals surface area contributed by atoms with Crippen LogP contribution in [0.5, 0.6) is 0 Å². The fourth-order valence-corrected chi connectivity index (χ4v) is 6.86. The van der Waals surface area contributed by atoms with Gasteiger partial charge in [0.05, 0.1) is 0 Å². The van der Waals surface area contributed by atoms with Gasteiger partial charge in [-0.2, -0.15) is 0 Å². The summed E-state index contributed by atoms with van der Waals surface area (Å²) in [7, 11) is 0. The van der Waals surface area contributed by atoms with Gasteiger partial charge in [0.15, 0.2) is 0 Å². The molecule has 1 atom stereocenters. The van der Waals surface area contributed by atoms with Crippen molar-refractivity contribution in [3.63, 3.8) is 0 Å². The Balaban J connectivity index is 3.40. The Kier molecular flexibility index (Phi) is 40.5. The van der Waals surface area contributed by atoms with Crippen molar-refractivity contribution < 1.29 is 19.4 Å². The van der Waals surface area contributed by atoms with Crippen molar-refractivity contribution in [3.8, 4) is 0 Å². The first-order valence-corrected chi connectivity index (χ1v) is 22.3. The monoisotopic (exact) mass is 703 g/mol. The highest BCUT2D eigenvalue weighted by Gasteiger charge is 2.12. The van der Waals surface area contributed by atoms with E-state index < -0.39 is 5.97 Å². The number of carboxylic acid groups (broad SMARTS) is 1. The van der Waals surface area contributed by atoms with E-state index in [9.17, 15) is 9.59 Å². The summed E-state index contributed by atoms with van der Waals surface area (Å²) in [4.78, 5) is 22.9. The molecule has 0 saturated heterocycles. The summed E-state index contributed by atoms with van der Waals surface area (Å²) >= 11 is 0. The third-order valence-corrected chi connectivity index (χ3v) is 10.3. The third-order valence-electron chi connectivity index (χ3n) is 10.3. The van der Waals surface area contributed by atoms with Crippen LogP contribution in [0.4, 0.5) is 0 Å². The van der Waals surface area contributed by atoms with Crippen molar-refractivity contribution in [2.75, 3.05) is 0 Å². The van der Waals surface area contributed by atoms with Crippen molar-refractivity contribution in [1.29, 1.82) is 0 Å². The maximum absolute atomic E-state index is 12.4. The van der Waals surface area contributed by atoms with E-state index in [2.05, 4.69) is 38.2 Å². The van der Waals surface area contributed by atoms with Gasteiger partial charge in [-0.25, -0.2) is 0 Å². The van der Waals surface area contributed by atoms with E-state index in [-0.39, 0.29) is 12.1 Å². The number of unbranched alkanes of at least 4 members (excludes halogenated alkanes) is 29. The average molecular weight is 703 g/mol. The summed E-state index contributed by atoms with van der Waals surface area (Å²) in [5.41, 5.74) is 0. The van der Waals surface area contributed by atoms with Crippen LogP contribution in [0.25, 0.3) is 0 Å². The number of carbonyl (C=O) groups is 2. The lowest BCUT2D eigenvalue weighted by molar-refractivity contribution is -0.149. The quantitative estimate of drug-likeness (QED) is 0.0391. The lowest BCUT2D eigenvalue weighted by Gasteiger charge is -2.16. The third kappa shape index (κ3) is 40.8. The van der Waals surface area contributed by atoms with Crippen LogP contribution in [0.15, 0.2) is 24.3 Å². The first kappa shape index (κ1) is 48.4. The lowest BCUT2D eigenvalue weighted by Crippen LogP contribution is -2.17. The van der Waals surface area contributed by atoms with Crippen LogP contribution in [0.2, 0.25) is 0 Å². The van der Waals surface area contributed by atoms with Gasteiger partial charge >= 0.3 is 11.9 Å². The molecule has 0 aliphatic rings. The van der Waals surface area contributed by atoms with Gasteiger partial charge in [0.1, 0.15) is 6.10 Å². The Labute approximate surface area is 312 Å². The molecule has 4 nitrogen and oxygen atoms in total. The van der Waals surface area contributed by atoms with Crippen LogP contribution in [0, 0.1) is 0 Å². The smallest absolute Gasteiger partial charge is 0.306 e. The predicted octanol–water partition coefficient (Wildman–Crippen LogP) is 15.6. The largest absolute Gasteiger partial charge is 0.481 e. The Morgan fingerprint density at radius 2 is 0.820 bits per heavy atom. The topological polar surface area (TPSA) is 63.6 Å². The second-order valence-corrected chi connectivity index (χ2v) is 15.2. The van der Waals surface area contributed by atoms with E-state index in [1.165, 1.54) is 180 Å². The molecule has 0 radical (unpaired) electrons. The van der Waals surface area contributed by atoms with Crippen LogP contribution < -0.4 is 0 Å². The highest BCUT2D eigenvalue weighted by molar-refractivity contribution is 5.69. The lowest BCUT2D eigenvalue weighted by atomic mass is 10.0. The minimum absolute atomic E-state index is 0.0231. The van der Waals surface area contributed by atoms with Crippen molar-refractivity contribution in [1.82, 2.24) is 0 Å². The van der Waals surface area contributed by atoms with Crippen molar-refractivity contribution in [2.45, 2.75) is 258 Å². The van der Waals surface area contributed by atoms with Crippen molar-refractivity contribution in [2.24, 2.45) is 0 Å². The second-order valence-electron chi connectivity index (χ2n) is 15.2. The molecule has 0 aromatic heterocycles.